The van der Waals surface area contributed by atoms with Gasteiger partial charge in [-0.15, -0.1) is 6.58 Å². The van der Waals surface area contributed by atoms with Crippen LogP contribution in [0.2, 0.25) is 0 Å². The summed E-state index contributed by atoms with van der Waals surface area (Å²) >= 11 is 0. The lowest BCUT2D eigenvalue weighted by molar-refractivity contribution is -0.166. The maximum atomic E-state index is 12.1. The molecule has 0 spiro atoms. The van der Waals surface area contributed by atoms with Crippen LogP contribution < -0.4 is 5.32 Å². The molecule has 1 amide bonds. The quantitative estimate of drug-likeness (QED) is 0.430. The van der Waals surface area contributed by atoms with Crippen molar-refractivity contribution in [1.82, 2.24) is 5.32 Å². The highest BCUT2D eigenvalue weighted by Crippen LogP contribution is 2.73. The van der Waals surface area contributed by atoms with E-state index in [1.807, 2.05) is 13.0 Å². The monoisotopic (exact) mass is 381 g/mol. The normalized spacial score (nSPS) is 46.8. The van der Waals surface area contributed by atoms with E-state index in [1.165, 1.54) is 57.8 Å². The van der Waals surface area contributed by atoms with E-state index >= 15 is 0 Å². The lowest BCUT2D eigenvalue weighted by atomic mass is 9.36. The molecule has 4 atom stereocenters. The maximum absolute atomic E-state index is 12.1. The molecule has 0 aromatic heterocycles. The van der Waals surface area contributed by atoms with Gasteiger partial charge in [-0.05, 0) is 98.9 Å². The van der Waals surface area contributed by atoms with Crippen molar-refractivity contribution in [3.63, 3.8) is 0 Å². The van der Waals surface area contributed by atoms with E-state index in [0.717, 1.165) is 11.8 Å². The van der Waals surface area contributed by atoms with Crippen molar-refractivity contribution in [2.45, 2.75) is 78.6 Å². The van der Waals surface area contributed by atoms with Crippen LogP contribution in [0.5, 0.6) is 0 Å². The summed E-state index contributed by atoms with van der Waals surface area (Å²) in [6, 6.07) is 0. The number of allylic oxidation sites excluding steroid dienone is 4. The standard InChI is InChI=1S/C26H39NO/c1-5-23(4)10-8-11-25(6-2,18-23)26-16-20-13-21(17-26)15-24(14-20,19-26)12-9-22(28)27-7-3/h5,8-10,12,20-21H,1,6-7,11,13-19H2,2-4H3,(H,27,28). The molecule has 5 rings (SSSR count). The Labute approximate surface area is 171 Å². The van der Waals surface area contributed by atoms with Gasteiger partial charge in [0.25, 0.3) is 0 Å². The van der Waals surface area contributed by atoms with Crippen LogP contribution in [0.1, 0.15) is 78.6 Å². The summed E-state index contributed by atoms with van der Waals surface area (Å²) in [5.74, 6) is 1.78. The molecular formula is C26H39NO. The van der Waals surface area contributed by atoms with Crippen LogP contribution in [0, 0.1) is 33.5 Å². The zero-order valence-corrected chi connectivity index (χ0v) is 18.2. The van der Waals surface area contributed by atoms with Crippen molar-refractivity contribution in [2.24, 2.45) is 33.5 Å². The molecule has 0 aliphatic heterocycles. The molecule has 2 nitrogen and oxygen atoms in total. The first-order valence-electron chi connectivity index (χ1n) is 11.6. The topological polar surface area (TPSA) is 29.1 Å². The third-order valence-electron chi connectivity index (χ3n) is 9.04. The average Bonchev–Trinajstić information content (AvgIpc) is 2.65. The Morgan fingerprint density at radius 1 is 1.18 bits per heavy atom. The molecule has 0 heterocycles. The van der Waals surface area contributed by atoms with Gasteiger partial charge in [0, 0.05) is 12.0 Å². The molecule has 4 saturated carbocycles. The van der Waals surface area contributed by atoms with E-state index in [9.17, 15) is 4.79 Å². The molecule has 1 N–H and O–H groups in total. The first kappa shape index (κ1) is 20.0. The van der Waals surface area contributed by atoms with Crippen molar-refractivity contribution < 1.29 is 4.79 Å². The van der Waals surface area contributed by atoms with Gasteiger partial charge in [-0.3, -0.25) is 4.79 Å². The van der Waals surface area contributed by atoms with Gasteiger partial charge < -0.3 is 5.32 Å². The number of likely N-dealkylation sites (N-methyl/N-ethyl adjacent to an activating group) is 1. The number of hydrogen-bond acceptors (Lipinski definition) is 1. The number of carbonyl (C=O) groups is 1. The van der Waals surface area contributed by atoms with Crippen LogP contribution in [0.4, 0.5) is 0 Å². The number of amides is 1. The zero-order chi connectivity index (χ0) is 20.0. The Morgan fingerprint density at radius 2 is 1.89 bits per heavy atom. The molecule has 4 fully saturated rings. The highest BCUT2D eigenvalue weighted by molar-refractivity contribution is 5.87. The fourth-order valence-electron chi connectivity index (χ4n) is 8.24. The fourth-order valence-corrected chi connectivity index (χ4v) is 8.24. The Hall–Kier alpha value is -1.31. The summed E-state index contributed by atoms with van der Waals surface area (Å²) in [5.41, 5.74) is 1.20. The smallest absolute Gasteiger partial charge is 0.243 e. The second-order valence-electron chi connectivity index (χ2n) is 11.0. The van der Waals surface area contributed by atoms with Crippen LogP contribution in [0.3, 0.4) is 0 Å². The summed E-state index contributed by atoms with van der Waals surface area (Å²) in [5, 5.41) is 2.94. The first-order valence-corrected chi connectivity index (χ1v) is 11.6. The number of nitrogens with one attached hydrogen (secondary N) is 1. The van der Waals surface area contributed by atoms with Crippen molar-refractivity contribution in [2.75, 3.05) is 6.54 Å². The minimum Gasteiger partial charge on any atom is -0.353 e. The number of hydrogen-bond donors (Lipinski definition) is 1. The van der Waals surface area contributed by atoms with Crippen molar-refractivity contribution >= 4 is 5.91 Å². The van der Waals surface area contributed by atoms with E-state index in [1.54, 1.807) is 0 Å². The van der Waals surface area contributed by atoms with E-state index < -0.39 is 0 Å². The highest BCUT2D eigenvalue weighted by atomic mass is 16.1. The molecule has 0 radical (unpaired) electrons. The van der Waals surface area contributed by atoms with E-state index in [4.69, 9.17) is 0 Å². The second kappa shape index (κ2) is 6.89. The summed E-state index contributed by atoms with van der Waals surface area (Å²) in [4.78, 5) is 12.1. The molecule has 28 heavy (non-hydrogen) atoms. The van der Waals surface area contributed by atoms with Gasteiger partial charge >= 0.3 is 0 Å². The van der Waals surface area contributed by atoms with Crippen molar-refractivity contribution in [3.8, 4) is 0 Å². The first-order chi connectivity index (χ1) is 13.3. The molecule has 4 bridgehead atoms. The molecule has 0 aromatic carbocycles. The third kappa shape index (κ3) is 3.12. The average molecular weight is 382 g/mol. The number of rotatable bonds is 6. The molecule has 0 saturated heterocycles. The fraction of sp³-hybridized carbons (Fsp3) is 0.731. The lowest BCUT2D eigenvalue weighted by Crippen LogP contribution is -2.59. The minimum atomic E-state index is 0.0809. The Kier molecular flexibility index (Phi) is 4.91. The molecule has 4 unspecified atom stereocenters. The molecule has 2 heteroatoms. The van der Waals surface area contributed by atoms with E-state index in [2.05, 4.69) is 50.0 Å². The van der Waals surface area contributed by atoms with Gasteiger partial charge in [0.05, 0.1) is 0 Å². The van der Waals surface area contributed by atoms with E-state index in [-0.39, 0.29) is 16.7 Å². The van der Waals surface area contributed by atoms with Gasteiger partial charge in [0.2, 0.25) is 5.91 Å². The van der Waals surface area contributed by atoms with Crippen LogP contribution in [-0.4, -0.2) is 12.5 Å². The van der Waals surface area contributed by atoms with Gasteiger partial charge in [-0.25, -0.2) is 0 Å². The Balaban J connectivity index is 1.68. The van der Waals surface area contributed by atoms with Gasteiger partial charge in [-0.2, -0.15) is 0 Å². The minimum absolute atomic E-state index is 0.0809. The summed E-state index contributed by atoms with van der Waals surface area (Å²) in [6.07, 6.45) is 23.1. The van der Waals surface area contributed by atoms with Crippen LogP contribution >= 0.6 is 0 Å². The molecule has 5 aliphatic rings. The zero-order valence-electron chi connectivity index (χ0n) is 18.2. The van der Waals surface area contributed by atoms with E-state index in [0.29, 0.717) is 17.4 Å². The van der Waals surface area contributed by atoms with Crippen LogP contribution in [0.25, 0.3) is 0 Å². The van der Waals surface area contributed by atoms with Crippen molar-refractivity contribution in [1.29, 1.82) is 0 Å². The van der Waals surface area contributed by atoms with Crippen LogP contribution in [-0.2, 0) is 4.79 Å². The predicted molar refractivity (Wildman–Crippen MR) is 117 cm³/mol. The highest BCUT2D eigenvalue weighted by Gasteiger charge is 2.63. The molecule has 0 aromatic rings. The van der Waals surface area contributed by atoms with Crippen LogP contribution in [0.15, 0.2) is 37.0 Å². The Bertz CT molecular complexity index is 689. The number of carbonyl (C=O) groups excluding carboxylic acids is 1. The Morgan fingerprint density at radius 3 is 2.50 bits per heavy atom. The maximum Gasteiger partial charge on any atom is 0.243 e. The molecular weight excluding hydrogens is 342 g/mol. The van der Waals surface area contributed by atoms with Crippen molar-refractivity contribution in [3.05, 3.63) is 37.0 Å². The summed E-state index contributed by atoms with van der Waals surface area (Å²) in [7, 11) is 0. The second-order valence-corrected chi connectivity index (χ2v) is 11.0. The summed E-state index contributed by atoms with van der Waals surface area (Å²) < 4.78 is 0. The molecule has 154 valence electrons. The van der Waals surface area contributed by atoms with Gasteiger partial charge in [0.15, 0.2) is 0 Å². The van der Waals surface area contributed by atoms with Gasteiger partial charge in [0.1, 0.15) is 0 Å². The third-order valence-corrected chi connectivity index (χ3v) is 9.04. The lowest BCUT2D eigenvalue weighted by Gasteiger charge is -2.68. The largest absolute Gasteiger partial charge is 0.353 e. The van der Waals surface area contributed by atoms with Gasteiger partial charge in [-0.1, -0.05) is 38.2 Å². The molecule has 5 aliphatic carbocycles. The SMILES string of the molecule is C=CC1(C)C=CCC(CC)(C23CC4CC(CC(C=CC(=O)NCC)(C4)C2)C3)C1. The predicted octanol–water partition coefficient (Wildman–Crippen LogP) is 6.20. The summed E-state index contributed by atoms with van der Waals surface area (Å²) in [6.45, 7) is 11.7.